The SMILES string of the molecule is Cc1ccn2c(-c3c[c-]ccc3)cnc2c1.[CH3-].[Y]. The topological polar surface area (TPSA) is 17.3 Å². The molecule has 0 bridgehead atoms. The Kier molecular flexibility index (Phi) is 5.24. The van der Waals surface area contributed by atoms with Gasteiger partial charge in [0, 0.05) is 50.8 Å². The molecule has 0 saturated heterocycles. The number of hydrogen-bond acceptors (Lipinski definition) is 1. The van der Waals surface area contributed by atoms with E-state index in [0.717, 1.165) is 16.9 Å². The molecular formula is C15H14N2Y-2. The fourth-order valence-electron chi connectivity index (χ4n) is 1.85. The summed E-state index contributed by atoms with van der Waals surface area (Å²) in [5.74, 6) is 0. The number of rotatable bonds is 1. The van der Waals surface area contributed by atoms with Gasteiger partial charge in [-0.15, -0.1) is 5.56 Å². The summed E-state index contributed by atoms with van der Waals surface area (Å²) in [5.41, 5.74) is 4.45. The molecule has 1 aromatic carbocycles. The van der Waals surface area contributed by atoms with Crippen molar-refractivity contribution in [1.82, 2.24) is 9.38 Å². The maximum Gasteiger partial charge on any atom is 0.136 e. The zero-order valence-corrected chi connectivity index (χ0v) is 13.4. The monoisotopic (exact) mass is 311 g/mol. The second-order valence-electron chi connectivity index (χ2n) is 3.87. The summed E-state index contributed by atoms with van der Waals surface area (Å²) >= 11 is 0. The second kappa shape index (κ2) is 6.26. The van der Waals surface area contributed by atoms with Crippen LogP contribution in [0.1, 0.15) is 5.56 Å². The molecule has 0 N–H and O–H groups in total. The Morgan fingerprint density at radius 3 is 2.83 bits per heavy atom. The van der Waals surface area contributed by atoms with Crippen molar-refractivity contribution in [3.63, 3.8) is 0 Å². The molecule has 3 aromatic rings. The van der Waals surface area contributed by atoms with Gasteiger partial charge in [-0.05, 0) is 24.6 Å². The van der Waals surface area contributed by atoms with Gasteiger partial charge in [-0.25, -0.2) is 4.98 Å². The molecule has 3 rings (SSSR count). The zero-order chi connectivity index (χ0) is 11.0. The second-order valence-corrected chi connectivity index (χ2v) is 3.87. The van der Waals surface area contributed by atoms with E-state index in [1.165, 1.54) is 5.56 Å². The Hall–Kier alpha value is -0.986. The third kappa shape index (κ3) is 2.71. The largest absolute Gasteiger partial charge is 0.358 e. The predicted octanol–water partition coefficient (Wildman–Crippen LogP) is 3.56. The molecule has 0 atom stereocenters. The van der Waals surface area contributed by atoms with Gasteiger partial charge in [-0.3, -0.25) is 0 Å². The van der Waals surface area contributed by atoms with Crippen LogP contribution in [0.2, 0.25) is 0 Å². The van der Waals surface area contributed by atoms with Crippen LogP contribution in [-0.4, -0.2) is 9.38 Å². The third-order valence-electron chi connectivity index (χ3n) is 2.67. The van der Waals surface area contributed by atoms with Crippen LogP contribution < -0.4 is 0 Å². The van der Waals surface area contributed by atoms with Gasteiger partial charge < -0.3 is 11.8 Å². The van der Waals surface area contributed by atoms with E-state index < -0.39 is 0 Å². The van der Waals surface area contributed by atoms with Crippen LogP contribution in [0.5, 0.6) is 0 Å². The molecule has 0 fully saturated rings. The van der Waals surface area contributed by atoms with Crippen LogP contribution in [0.4, 0.5) is 0 Å². The zero-order valence-electron chi connectivity index (χ0n) is 10.6. The third-order valence-corrected chi connectivity index (χ3v) is 2.67. The molecule has 0 aliphatic rings. The Labute approximate surface area is 133 Å². The number of benzene rings is 1. The summed E-state index contributed by atoms with van der Waals surface area (Å²) in [6.07, 6.45) is 3.96. The number of aryl methyl sites for hydroxylation is 1. The van der Waals surface area contributed by atoms with Crippen molar-refractivity contribution < 1.29 is 32.7 Å². The number of nitrogens with zero attached hydrogens (tertiary/aromatic N) is 2. The van der Waals surface area contributed by atoms with Gasteiger partial charge in [0.05, 0.1) is 0 Å². The first-order valence-electron chi connectivity index (χ1n) is 5.25. The molecule has 3 heteroatoms. The van der Waals surface area contributed by atoms with Gasteiger partial charge in [0.2, 0.25) is 0 Å². The first kappa shape index (κ1) is 15.1. The smallest absolute Gasteiger partial charge is 0.136 e. The molecule has 0 spiro atoms. The van der Waals surface area contributed by atoms with E-state index in [4.69, 9.17) is 0 Å². The summed E-state index contributed by atoms with van der Waals surface area (Å²) in [6.45, 7) is 2.07. The van der Waals surface area contributed by atoms with Gasteiger partial charge in [-0.1, -0.05) is 0 Å². The van der Waals surface area contributed by atoms with Crippen molar-refractivity contribution in [2.24, 2.45) is 0 Å². The van der Waals surface area contributed by atoms with E-state index in [0.29, 0.717) is 0 Å². The average Bonchev–Trinajstić information content (AvgIpc) is 2.73. The van der Waals surface area contributed by atoms with Crippen LogP contribution in [0.15, 0.2) is 48.8 Å². The summed E-state index contributed by atoms with van der Waals surface area (Å²) in [6, 6.07) is 15.2. The number of imidazole rings is 1. The first-order valence-corrected chi connectivity index (χ1v) is 5.25. The minimum Gasteiger partial charge on any atom is -0.358 e. The van der Waals surface area contributed by atoms with Gasteiger partial charge in [-0.2, -0.15) is 30.3 Å². The maximum absolute atomic E-state index is 4.40. The fraction of sp³-hybridized carbons (Fsp3) is 0.0667. The molecule has 18 heavy (non-hydrogen) atoms. The van der Waals surface area contributed by atoms with Crippen LogP contribution >= 0.6 is 0 Å². The molecule has 2 aromatic heterocycles. The maximum atomic E-state index is 4.40. The molecule has 89 valence electrons. The average molecular weight is 311 g/mol. The quantitative estimate of drug-likeness (QED) is 0.628. The summed E-state index contributed by atoms with van der Waals surface area (Å²) in [4.78, 5) is 4.40. The van der Waals surface area contributed by atoms with E-state index >= 15 is 0 Å². The molecule has 2 heterocycles. The molecular weight excluding hydrogens is 297 g/mol. The van der Waals surface area contributed by atoms with Crippen molar-refractivity contribution in [1.29, 1.82) is 0 Å². The van der Waals surface area contributed by atoms with Gasteiger partial charge in [0.1, 0.15) is 5.65 Å². The van der Waals surface area contributed by atoms with Gasteiger partial charge in [0.25, 0.3) is 0 Å². The number of hydrogen-bond donors (Lipinski definition) is 0. The van der Waals surface area contributed by atoms with Crippen molar-refractivity contribution in [2.45, 2.75) is 6.92 Å². The van der Waals surface area contributed by atoms with Crippen LogP contribution in [0.3, 0.4) is 0 Å². The molecule has 0 aliphatic heterocycles. The minimum absolute atomic E-state index is 0. The predicted molar refractivity (Wildman–Crippen MR) is 70.6 cm³/mol. The van der Waals surface area contributed by atoms with Crippen LogP contribution in [-0.2, 0) is 32.7 Å². The van der Waals surface area contributed by atoms with Crippen molar-refractivity contribution >= 4 is 5.65 Å². The first-order chi connectivity index (χ1) is 7.84. The van der Waals surface area contributed by atoms with E-state index in [9.17, 15) is 0 Å². The fourth-order valence-corrected chi connectivity index (χ4v) is 1.85. The van der Waals surface area contributed by atoms with Crippen LogP contribution in [0.25, 0.3) is 16.9 Å². The number of pyridine rings is 1. The summed E-state index contributed by atoms with van der Waals surface area (Å²) in [7, 11) is 0. The minimum atomic E-state index is 0. The van der Waals surface area contributed by atoms with E-state index in [1.807, 2.05) is 24.4 Å². The Balaban J connectivity index is 0.000000810. The molecule has 2 nitrogen and oxygen atoms in total. The van der Waals surface area contributed by atoms with Crippen molar-refractivity contribution in [3.8, 4) is 11.3 Å². The standard InChI is InChI=1S/C14H11N2.CH3.Y/c1-11-7-8-16-13(10-15-14(16)9-11)12-5-3-2-4-6-12;;/h2-3,5-10H,1H3;1H3;/q2*-1;. The number of fused-ring (bicyclic) bond motifs is 1. The van der Waals surface area contributed by atoms with Gasteiger partial charge in [0.15, 0.2) is 0 Å². The summed E-state index contributed by atoms with van der Waals surface area (Å²) in [5, 5.41) is 0. The Morgan fingerprint density at radius 2 is 2.11 bits per heavy atom. The van der Waals surface area contributed by atoms with Crippen molar-refractivity contribution in [3.05, 3.63) is 67.8 Å². The molecule has 0 saturated carbocycles. The van der Waals surface area contributed by atoms with Crippen molar-refractivity contribution in [2.75, 3.05) is 0 Å². The van der Waals surface area contributed by atoms with E-state index in [2.05, 4.69) is 46.8 Å². The molecule has 0 aliphatic carbocycles. The van der Waals surface area contributed by atoms with Gasteiger partial charge >= 0.3 is 0 Å². The molecule has 1 radical (unpaired) electrons. The van der Waals surface area contributed by atoms with Crippen LogP contribution in [0, 0.1) is 20.4 Å². The normalized spacial score (nSPS) is 9.61. The number of aromatic nitrogens is 2. The molecule has 0 amide bonds. The molecule has 0 unspecified atom stereocenters. The summed E-state index contributed by atoms with van der Waals surface area (Å²) < 4.78 is 2.09. The Morgan fingerprint density at radius 1 is 1.28 bits per heavy atom. The van der Waals surface area contributed by atoms with E-state index in [1.54, 1.807) is 0 Å². The van der Waals surface area contributed by atoms with E-state index in [-0.39, 0.29) is 40.1 Å². The Bertz CT molecular complexity index is 629.